The van der Waals surface area contributed by atoms with Gasteiger partial charge in [-0.1, -0.05) is 6.58 Å². The van der Waals surface area contributed by atoms with Gasteiger partial charge in [0.2, 0.25) is 11.8 Å². The molecule has 21 heavy (non-hydrogen) atoms. The van der Waals surface area contributed by atoms with Gasteiger partial charge in [-0.05, 0) is 6.92 Å². The molecule has 1 aliphatic rings. The number of amides is 2. The molecule has 2 amide bonds. The molecule has 0 saturated carbocycles. The summed E-state index contributed by atoms with van der Waals surface area (Å²) in [6.07, 6.45) is -4.58. The summed E-state index contributed by atoms with van der Waals surface area (Å²) >= 11 is 0. The van der Waals surface area contributed by atoms with Crippen molar-refractivity contribution in [1.29, 1.82) is 0 Å². The Morgan fingerprint density at radius 2 is 1.86 bits per heavy atom. The van der Waals surface area contributed by atoms with Gasteiger partial charge in [-0.25, -0.2) is 0 Å². The van der Waals surface area contributed by atoms with Crippen LogP contribution in [-0.4, -0.2) is 69.1 Å². The van der Waals surface area contributed by atoms with Gasteiger partial charge in [0.25, 0.3) is 5.91 Å². The van der Waals surface area contributed by atoms with Crippen LogP contribution in [0.25, 0.3) is 0 Å². The zero-order valence-electron chi connectivity index (χ0n) is 11.7. The van der Waals surface area contributed by atoms with Crippen molar-refractivity contribution in [2.24, 2.45) is 0 Å². The summed E-state index contributed by atoms with van der Waals surface area (Å²) in [4.78, 5) is 22.8. The van der Waals surface area contributed by atoms with Crippen LogP contribution in [-0.2, 0) is 14.3 Å². The number of hydrogen-bond acceptors (Lipinski definition) is 7. The number of nitrogens with one attached hydrogen (secondary N) is 2. The van der Waals surface area contributed by atoms with Crippen LogP contribution in [0.2, 0.25) is 0 Å². The van der Waals surface area contributed by atoms with E-state index < -0.39 is 48.7 Å². The Labute approximate surface area is 121 Å². The van der Waals surface area contributed by atoms with E-state index in [1.165, 1.54) is 6.92 Å². The fraction of sp³-hybridized carbons (Fsp3) is 0.667. The average molecular weight is 304 g/mol. The Kier molecular flexibility index (Phi) is 5.42. The minimum Gasteiger partial charge on any atom is -0.394 e. The lowest BCUT2D eigenvalue weighted by Crippen LogP contribution is -2.75. The van der Waals surface area contributed by atoms with Gasteiger partial charge in [0.05, 0.1) is 6.61 Å². The van der Waals surface area contributed by atoms with Crippen LogP contribution in [0.5, 0.6) is 0 Å². The largest absolute Gasteiger partial charge is 0.394 e. The number of aliphatic hydroxyl groups excluding tert-OH is 3. The Hall–Kier alpha value is -1.52. The molecule has 1 saturated heterocycles. The van der Waals surface area contributed by atoms with E-state index in [0.29, 0.717) is 0 Å². The van der Waals surface area contributed by atoms with E-state index in [0.717, 1.165) is 6.92 Å². The maximum absolute atomic E-state index is 11.7. The Balaban J connectivity index is 3.10. The van der Waals surface area contributed by atoms with Crippen molar-refractivity contribution >= 4 is 11.8 Å². The molecule has 0 aliphatic carbocycles. The first-order chi connectivity index (χ1) is 9.62. The van der Waals surface area contributed by atoms with Gasteiger partial charge in [-0.15, -0.1) is 0 Å². The van der Waals surface area contributed by atoms with Crippen LogP contribution < -0.4 is 10.6 Å². The van der Waals surface area contributed by atoms with E-state index in [4.69, 9.17) is 9.84 Å². The van der Waals surface area contributed by atoms with Crippen molar-refractivity contribution in [3.63, 3.8) is 0 Å². The highest BCUT2D eigenvalue weighted by Gasteiger charge is 2.54. The molecular formula is C12H20N2O7. The highest BCUT2D eigenvalue weighted by Crippen LogP contribution is 2.26. The van der Waals surface area contributed by atoms with Crippen molar-refractivity contribution in [1.82, 2.24) is 10.6 Å². The number of hydrogen-bond donors (Lipinski definition) is 6. The van der Waals surface area contributed by atoms with Crippen LogP contribution >= 0.6 is 0 Å². The van der Waals surface area contributed by atoms with Gasteiger partial charge in [-0.2, -0.15) is 0 Å². The lowest BCUT2D eigenvalue weighted by molar-refractivity contribution is -0.327. The van der Waals surface area contributed by atoms with E-state index in [2.05, 4.69) is 17.2 Å². The standard InChI is InChI=1S/C12H20N2O7/c1-5(2)11(19)14-12(20)10(13-6(3)16)9(18)8(17)7(4-15)21-12/h7-10,15,17-18,20H,1,4H2,2-3H3,(H,13,16)(H,14,19)/t7-,8+,9+,10-,12?/m1/s1. The van der Waals surface area contributed by atoms with Crippen LogP contribution in [0.1, 0.15) is 13.8 Å². The zero-order valence-corrected chi connectivity index (χ0v) is 11.7. The van der Waals surface area contributed by atoms with Crippen LogP contribution in [0.4, 0.5) is 0 Å². The van der Waals surface area contributed by atoms with Gasteiger partial charge in [0, 0.05) is 12.5 Å². The summed E-state index contributed by atoms with van der Waals surface area (Å²) in [7, 11) is 0. The molecule has 0 aromatic heterocycles. The fourth-order valence-corrected chi connectivity index (χ4v) is 1.95. The molecule has 0 aromatic carbocycles. The molecule has 0 bridgehead atoms. The summed E-state index contributed by atoms with van der Waals surface area (Å²) < 4.78 is 5.05. The number of carbonyl (C=O) groups excluding carboxylic acids is 2. The summed E-state index contributed by atoms with van der Waals surface area (Å²) in [5, 5.41) is 43.5. The maximum atomic E-state index is 11.7. The minimum atomic E-state index is -2.51. The predicted octanol–water partition coefficient (Wildman–Crippen LogP) is -3.06. The summed E-state index contributed by atoms with van der Waals surface area (Å²) in [5.41, 5.74) is 0.0507. The van der Waals surface area contributed by atoms with Crippen LogP contribution in [0, 0.1) is 0 Å². The quantitative estimate of drug-likeness (QED) is 0.239. The van der Waals surface area contributed by atoms with Gasteiger partial charge in [0.15, 0.2) is 0 Å². The molecule has 1 aliphatic heterocycles. The minimum absolute atomic E-state index is 0.0507. The van der Waals surface area contributed by atoms with Gasteiger partial charge >= 0.3 is 0 Å². The number of ether oxygens (including phenoxy) is 1. The van der Waals surface area contributed by atoms with Crippen LogP contribution in [0.3, 0.4) is 0 Å². The van der Waals surface area contributed by atoms with Crippen molar-refractivity contribution in [3.8, 4) is 0 Å². The number of aliphatic hydroxyl groups is 4. The SMILES string of the molecule is C=C(C)C(=O)NC1(O)O[C@H](CO)[C@H](O)[C@H](O)[C@H]1NC(C)=O. The number of rotatable bonds is 4. The Morgan fingerprint density at radius 1 is 1.29 bits per heavy atom. The molecular weight excluding hydrogens is 284 g/mol. The van der Waals surface area contributed by atoms with Crippen molar-refractivity contribution in [3.05, 3.63) is 12.2 Å². The average Bonchev–Trinajstić information content (AvgIpc) is 2.38. The second-order valence-electron chi connectivity index (χ2n) is 4.93. The lowest BCUT2D eigenvalue weighted by Gasteiger charge is -2.47. The normalized spacial score (nSPS) is 35.9. The van der Waals surface area contributed by atoms with E-state index in [-0.39, 0.29) is 5.57 Å². The van der Waals surface area contributed by atoms with Crippen LogP contribution in [0.15, 0.2) is 12.2 Å². The molecule has 120 valence electrons. The number of carbonyl (C=O) groups is 2. The molecule has 1 fully saturated rings. The smallest absolute Gasteiger partial charge is 0.273 e. The van der Waals surface area contributed by atoms with Gasteiger partial charge < -0.3 is 30.5 Å². The second-order valence-corrected chi connectivity index (χ2v) is 4.93. The molecule has 0 aromatic rings. The molecule has 1 rings (SSSR count). The molecule has 9 heteroatoms. The molecule has 1 heterocycles. The van der Waals surface area contributed by atoms with E-state index in [1.54, 1.807) is 0 Å². The lowest BCUT2D eigenvalue weighted by atomic mass is 9.94. The first kappa shape index (κ1) is 17.5. The first-order valence-corrected chi connectivity index (χ1v) is 6.24. The first-order valence-electron chi connectivity index (χ1n) is 6.24. The third-order valence-electron chi connectivity index (χ3n) is 3.04. The predicted molar refractivity (Wildman–Crippen MR) is 69.5 cm³/mol. The van der Waals surface area contributed by atoms with Crippen molar-refractivity contribution in [2.75, 3.05) is 6.61 Å². The topological polar surface area (TPSA) is 148 Å². The molecule has 0 radical (unpaired) electrons. The van der Waals surface area contributed by atoms with Crippen molar-refractivity contribution < 1.29 is 34.8 Å². The summed E-state index contributed by atoms with van der Waals surface area (Å²) in [6.45, 7) is 5.17. The van der Waals surface area contributed by atoms with E-state index in [9.17, 15) is 24.9 Å². The summed E-state index contributed by atoms with van der Waals surface area (Å²) in [5.74, 6) is -3.92. The Morgan fingerprint density at radius 3 is 2.29 bits per heavy atom. The van der Waals surface area contributed by atoms with E-state index >= 15 is 0 Å². The maximum Gasteiger partial charge on any atom is 0.273 e. The van der Waals surface area contributed by atoms with E-state index in [1.807, 2.05) is 0 Å². The third-order valence-corrected chi connectivity index (χ3v) is 3.04. The summed E-state index contributed by atoms with van der Waals surface area (Å²) in [6, 6.07) is -1.53. The van der Waals surface area contributed by atoms with Gasteiger partial charge in [0.1, 0.15) is 24.4 Å². The zero-order chi connectivity index (χ0) is 16.4. The molecule has 1 unspecified atom stereocenters. The second kappa shape index (κ2) is 6.50. The molecule has 5 atom stereocenters. The fourth-order valence-electron chi connectivity index (χ4n) is 1.95. The van der Waals surface area contributed by atoms with Crippen molar-refractivity contribution in [2.45, 2.75) is 44.1 Å². The highest BCUT2D eigenvalue weighted by molar-refractivity contribution is 5.92. The third kappa shape index (κ3) is 3.77. The molecule has 0 spiro atoms. The molecule has 9 nitrogen and oxygen atoms in total. The highest BCUT2D eigenvalue weighted by atomic mass is 16.7. The van der Waals surface area contributed by atoms with Gasteiger partial charge in [-0.3, -0.25) is 14.9 Å². The Bertz CT molecular complexity index is 441. The monoisotopic (exact) mass is 304 g/mol. The molecule has 6 N–H and O–H groups in total.